The van der Waals surface area contributed by atoms with Crippen LogP contribution in [0.3, 0.4) is 0 Å². The van der Waals surface area contributed by atoms with Crippen LogP contribution in [0.4, 0.5) is 0 Å². The molecule has 0 aromatic heterocycles. The van der Waals surface area contributed by atoms with Gasteiger partial charge in [-0.05, 0) is 12.8 Å². The Hall–Kier alpha value is -0.220. The predicted octanol–water partition coefficient (Wildman–Crippen LogP) is 0.711. The number of carbonyl (C=O) groups is 1. The summed E-state index contributed by atoms with van der Waals surface area (Å²) in [6.45, 7) is 6.55. The van der Waals surface area contributed by atoms with Crippen LogP contribution in [0.1, 0.15) is 13.8 Å². The second kappa shape index (κ2) is 8.38. The molecule has 4 heteroatoms. The van der Waals surface area contributed by atoms with Gasteiger partial charge >= 0.3 is 0 Å². The Kier molecular flexibility index (Phi) is 8.24. The molecule has 0 saturated carbocycles. The first kappa shape index (κ1) is 12.8. The van der Waals surface area contributed by atoms with Crippen molar-refractivity contribution in [2.45, 2.75) is 13.8 Å². The van der Waals surface area contributed by atoms with Crippen LogP contribution in [-0.4, -0.2) is 37.6 Å². The zero-order valence-corrected chi connectivity index (χ0v) is 9.54. The fourth-order valence-electron chi connectivity index (χ4n) is 0.951. The molecule has 0 aliphatic rings. The lowest BCUT2D eigenvalue weighted by Crippen LogP contribution is -2.35. The van der Waals surface area contributed by atoms with Gasteiger partial charge in [-0.2, -0.15) is 11.8 Å². The second-order valence-corrected chi connectivity index (χ2v) is 3.91. The first-order chi connectivity index (χ1) is 6.22. The molecule has 13 heavy (non-hydrogen) atoms. The minimum Gasteiger partial charge on any atom is -0.355 e. The highest BCUT2D eigenvalue weighted by Gasteiger charge is 2.10. The monoisotopic (exact) mass is 204 g/mol. The van der Waals surface area contributed by atoms with Crippen LogP contribution in [-0.2, 0) is 4.79 Å². The SMILES string of the molecule is CCNCCNC(=O)C(C)CSC. The molecule has 0 spiro atoms. The molecular weight excluding hydrogens is 184 g/mol. The van der Waals surface area contributed by atoms with Gasteiger partial charge in [-0.1, -0.05) is 13.8 Å². The fourth-order valence-corrected chi connectivity index (χ4v) is 1.60. The molecule has 0 fully saturated rings. The summed E-state index contributed by atoms with van der Waals surface area (Å²) in [6, 6.07) is 0. The minimum atomic E-state index is 0.122. The summed E-state index contributed by atoms with van der Waals surface area (Å²) < 4.78 is 0. The molecule has 0 bridgehead atoms. The Morgan fingerprint density at radius 3 is 2.69 bits per heavy atom. The van der Waals surface area contributed by atoms with Gasteiger partial charge < -0.3 is 10.6 Å². The maximum absolute atomic E-state index is 11.3. The topological polar surface area (TPSA) is 41.1 Å². The van der Waals surface area contributed by atoms with Crippen molar-refractivity contribution >= 4 is 17.7 Å². The Morgan fingerprint density at radius 1 is 1.46 bits per heavy atom. The number of thioether (sulfide) groups is 1. The second-order valence-electron chi connectivity index (χ2n) is 3.00. The fraction of sp³-hybridized carbons (Fsp3) is 0.889. The van der Waals surface area contributed by atoms with Crippen LogP contribution in [0.5, 0.6) is 0 Å². The Bertz CT molecular complexity index is 142. The van der Waals surface area contributed by atoms with Crippen molar-refractivity contribution in [3.8, 4) is 0 Å². The minimum absolute atomic E-state index is 0.122. The highest BCUT2D eigenvalue weighted by atomic mass is 32.2. The van der Waals surface area contributed by atoms with E-state index in [9.17, 15) is 4.79 Å². The van der Waals surface area contributed by atoms with Crippen molar-refractivity contribution in [3.05, 3.63) is 0 Å². The first-order valence-electron chi connectivity index (χ1n) is 4.69. The lowest BCUT2D eigenvalue weighted by atomic mass is 10.2. The van der Waals surface area contributed by atoms with Crippen LogP contribution >= 0.6 is 11.8 Å². The molecule has 2 N–H and O–H groups in total. The van der Waals surface area contributed by atoms with Crippen molar-refractivity contribution < 1.29 is 4.79 Å². The van der Waals surface area contributed by atoms with E-state index in [1.54, 1.807) is 11.8 Å². The highest BCUT2D eigenvalue weighted by molar-refractivity contribution is 7.98. The Labute approximate surface area is 85.0 Å². The molecule has 0 heterocycles. The third-order valence-electron chi connectivity index (χ3n) is 1.72. The quantitative estimate of drug-likeness (QED) is 0.600. The van der Waals surface area contributed by atoms with Crippen LogP contribution in [0, 0.1) is 5.92 Å². The van der Waals surface area contributed by atoms with E-state index in [0.29, 0.717) is 0 Å². The third-order valence-corrected chi connectivity index (χ3v) is 2.55. The largest absolute Gasteiger partial charge is 0.355 e. The van der Waals surface area contributed by atoms with Gasteiger partial charge in [-0.3, -0.25) is 4.79 Å². The van der Waals surface area contributed by atoms with Gasteiger partial charge in [-0.25, -0.2) is 0 Å². The Morgan fingerprint density at radius 2 is 2.15 bits per heavy atom. The molecule has 0 aromatic carbocycles. The van der Waals surface area contributed by atoms with E-state index >= 15 is 0 Å². The summed E-state index contributed by atoms with van der Waals surface area (Å²) in [5.41, 5.74) is 0. The maximum atomic E-state index is 11.3. The molecular formula is C9H20N2OS. The summed E-state index contributed by atoms with van der Waals surface area (Å²) in [7, 11) is 0. The molecule has 78 valence electrons. The molecule has 1 amide bonds. The number of likely N-dealkylation sites (N-methyl/N-ethyl adjacent to an activating group) is 1. The third kappa shape index (κ3) is 6.90. The van der Waals surface area contributed by atoms with E-state index in [2.05, 4.69) is 17.6 Å². The lowest BCUT2D eigenvalue weighted by molar-refractivity contribution is -0.123. The lowest BCUT2D eigenvalue weighted by Gasteiger charge is -2.10. The van der Waals surface area contributed by atoms with Crippen molar-refractivity contribution in [1.29, 1.82) is 0 Å². The molecule has 0 aromatic rings. The van der Waals surface area contributed by atoms with Crippen LogP contribution in [0.15, 0.2) is 0 Å². The summed E-state index contributed by atoms with van der Waals surface area (Å²) >= 11 is 1.71. The zero-order chi connectivity index (χ0) is 10.1. The van der Waals surface area contributed by atoms with Gasteiger partial charge in [0.25, 0.3) is 0 Å². The predicted molar refractivity (Wildman–Crippen MR) is 59.1 cm³/mol. The molecule has 0 saturated heterocycles. The van der Waals surface area contributed by atoms with Gasteiger partial charge in [0.05, 0.1) is 0 Å². The molecule has 0 radical (unpaired) electrons. The van der Waals surface area contributed by atoms with Crippen LogP contribution in [0.25, 0.3) is 0 Å². The van der Waals surface area contributed by atoms with E-state index in [0.717, 1.165) is 25.4 Å². The van der Waals surface area contributed by atoms with Gasteiger partial charge in [0.2, 0.25) is 5.91 Å². The molecule has 1 atom stereocenters. The van der Waals surface area contributed by atoms with Crippen molar-refractivity contribution in [1.82, 2.24) is 10.6 Å². The van der Waals surface area contributed by atoms with Crippen molar-refractivity contribution in [2.24, 2.45) is 5.92 Å². The number of hydrogen-bond acceptors (Lipinski definition) is 3. The molecule has 3 nitrogen and oxygen atoms in total. The van der Waals surface area contributed by atoms with Crippen molar-refractivity contribution in [3.63, 3.8) is 0 Å². The zero-order valence-electron chi connectivity index (χ0n) is 8.72. The Balaban J connectivity index is 3.38. The van der Waals surface area contributed by atoms with E-state index in [1.165, 1.54) is 0 Å². The van der Waals surface area contributed by atoms with E-state index in [4.69, 9.17) is 0 Å². The molecule has 0 aliphatic carbocycles. The first-order valence-corrected chi connectivity index (χ1v) is 6.09. The van der Waals surface area contributed by atoms with Crippen LogP contribution < -0.4 is 10.6 Å². The number of hydrogen-bond donors (Lipinski definition) is 2. The number of rotatable bonds is 7. The number of carbonyl (C=O) groups excluding carboxylic acids is 1. The smallest absolute Gasteiger partial charge is 0.223 e. The van der Waals surface area contributed by atoms with Crippen LogP contribution in [0.2, 0.25) is 0 Å². The van der Waals surface area contributed by atoms with Gasteiger partial charge in [-0.15, -0.1) is 0 Å². The van der Waals surface area contributed by atoms with E-state index in [1.807, 2.05) is 13.2 Å². The van der Waals surface area contributed by atoms with E-state index < -0.39 is 0 Å². The summed E-state index contributed by atoms with van der Waals surface area (Å²) in [6.07, 6.45) is 2.02. The molecule has 1 unspecified atom stereocenters. The van der Waals surface area contributed by atoms with Gasteiger partial charge in [0, 0.05) is 24.8 Å². The average molecular weight is 204 g/mol. The standard InChI is InChI=1S/C9H20N2OS/c1-4-10-5-6-11-9(12)8(2)7-13-3/h8,10H,4-7H2,1-3H3,(H,11,12). The summed E-state index contributed by atoms with van der Waals surface area (Å²) in [5, 5.41) is 6.04. The molecule has 0 aliphatic heterocycles. The normalized spacial score (nSPS) is 12.5. The number of amides is 1. The van der Waals surface area contributed by atoms with Gasteiger partial charge in [0.15, 0.2) is 0 Å². The molecule has 0 rings (SSSR count). The summed E-state index contributed by atoms with van der Waals surface area (Å²) in [5.74, 6) is 1.18. The summed E-state index contributed by atoms with van der Waals surface area (Å²) in [4.78, 5) is 11.3. The van der Waals surface area contributed by atoms with Crippen molar-refractivity contribution in [2.75, 3.05) is 31.6 Å². The number of nitrogens with one attached hydrogen (secondary N) is 2. The van der Waals surface area contributed by atoms with Gasteiger partial charge in [0.1, 0.15) is 0 Å². The maximum Gasteiger partial charge on any atom is 0.223 e. The average Bonchev–Trinajstić information content (AvgIpc) is 2.12. The highest BCUT2D eigenvalue weighted by Crippen LogP contribution is 2.03. The van der Waals surface area contributed by atoms with E-state index in [-0.39, 0.29) is 11.8 Å².